The predicted molar refractivity (Wildman–Crippen MR) is 109 cm³/mol. The van der Waals surface area contributed by atoms with Gasteiger partial charge in [0.15, 0.2) is 0 Å². The number of nitrogens with one attached hydrogen (secondary N) is 1. The van der Waals surface area contributed by atoms with Gasteiger partial charge >= 0.3 is 0 Å². The lowest BCUT2D eigenvalue weighted by atomic mass is 10.1. The van der Waals surface area contributed by atoms with Gasteiger partial charge < -0.3 is 15.1 Å². The Balaban J connectivity index is 1.55. The van der Waals surface area contributed by atoms with Crippen LogP contribution in [0.4, 0.5) is 11.4 Å². The third-order valence-corrected chi connectivity index (χ3v) is 5.66. The summed E-state index contributed by atoms with van der Waals surface area (Å²) in [4.78, 5) is 16.9. The molecule has 0 saturated carbocycles. The summed E-state index contributed by atoms with van der Waals surface area (Å²) in [6.07, 6.45) is 0. The minimum Gasteiger partial charge on any atom is -0.376 e. The summed E-state index contributed by atoms with van der Waals surface area (Å²) in [5.74, 6) is 0.130. The van der Waals surface area contributed by atoms with Gasteiger partial charge in [0.1, 0.15) is 0 Å². The second-order valence-corrected chi connectivity index (χ2v) is 7.26. The van der Waals surface area contributed by atoms with Gasteiger partial charge in [-0.25, -0.2) is 0 Å². The van der Waals surface area contributed by atoms with Crippen LogP contribution >= 0.6 is 11.6 Å². The maximum atomic E-state index is 12.5. The first-order valence-electron chi connectivity index (χ1n) is 9.05. The van der Waals surface area contributed by atoms with Crippen molar-refractivity contribution in [3.63, 3.8) is 0 Å². The Morgan fingerprint density at radius 2 is 1.69 bits per heavy atom. The molecule has 138 valence electrons. The summed E-state index contributed by atoms with van der Waals surface area (Å²) in [6.45, 7) is 9.80. The lowest BCUT2D eigenvalue weighted by Gasteiger charge is -2.37. The van der Waals surface area contributed by atoms with Gasteiger partial charge in [-0.2, -0.15) is 0 Å². The van der Waals surface area contributed by atoms with Gasteiger partial charge in [-0.05, 0) is 55.7 Å². The van der Waals surface area contributed by atoms with Crippen LogP contribution in [0.3, 0.4) is 0 Å². The Kier molecular flexibility index (Phi) is 5.72. The topological polar surface area (TPSA) is 35.6 Å². The molecule has 3 rings (SSSR count). The molecule has 5 heteroatoms. The number of aryl methyl sites for hydroxylation is 1. The number of benzene rings is 2. The van der Waals surface area contributed by atoms with Crippen LogP contribution in [0.1, 0.15) is 16.7 Å². The first-order valence-corrected chi connectivity index (χ1v) is 9.43. The van der Waals surface area contributed by atoms with Gasteiger partial charge in [-0.3, -0.25) is 4.79 Å². The summed E-state index contributed by atoms with van der Waals surface area (Å²) >= 11 is 6.14. The van der Waals surface area contributed by atoms with Gasteiger partial charge in [0.05, 0.1) is 6.54 Å². The molecule has 0 radical (unpaired) electrons. The first-order chi connectivity index (χ1) is 12.5. The highest BCUT2D eigenvalue weighted by Gasteiger charge is 2.22. The summed E-state index contributed by atoms with van der Waals surface area (Å²) in [5, 5.41) is 3.93. The number of rotatable bonds is 4. The van der Waals surface area contributed by atoms with E-state index in [0.29, 0.717) is 11.6 Å². The minimum absolute atomic E-state index is 0.130. The molecule has 1 heterocycles. The van der Waals surface area contributed by atoms with Crippen molar-refractivity contribution in [3.8, 4) is 0 Å². The molecule has 26 heavy (non-hydrogen) atoms. The monoisotopic (exact) mass is 371 g/mol. The third kappa shape index (κ3) is 3.96. The SMILES string of the molecule is Cc1cccc(N2CCN(C(=O)CNc3cccc(Cl)c3C)CC2)c1C. The molecular formula is C21H26ClN3O. The van der Waals surface area contributed by atoms with Crippen molar-refractivity contribution in [2.24, 2.45) is 0 Å². The van der Waals surface area contributed by atoms with Gasteiger partial charge in [0.25, 0.3) is 0 Å². The number of anilines is 2. The third-order valence-electron chi connectivity index (χ3n) is 5.25. The number of halogens is 1. The average molecular weight is 372 g/mol. The van der Waals surface area contributed by atoms with Crippen molar-refractivity contribution >= 4 is 28.9 Å². The molecule has 1 N–H and O–H groups in total. The van der Waals surface area contributed by atoms with Crippen LogP contribution in [0.2, 0.25) is 5.02 Å². The zero-order chi connectivity index (χ0) is 18.7. The largest absolute Gasteiger partial charge is 0.376 e. The zero-order valence-electron chi connectivity index (χ0n) is 15.7. The maximum absolute atomic E-state index is 12.5. The van der Waals surface area contributed by atoms with E-state index >= 15 is 0 Å². The van der Waals surface area contributed by atoms with Gasteiger partial charge in [-0.15, -0.1) is 0 Å². The van der Waals surface area contributed by atoms with Crippen LogP contribution in [0.15, 0.2) is 36.4 Å². The van der Waals surface area contributed by atoms with E-state index < -0.39 is 0 Å². The molecule has 2 aromatic carbocycles. The zero-order valence-corrected chi connectivity index (χ0v) is 16.4. The van der Waals surface area contributed by atoms with Crippen LogP contribution in [0.25, 0.3) is 0 Å². The standard InChI is InChI=1S/C21H26ClN3O/c1-15-6-4-9-20(16(15)2)24-10-12-25(13-11-24)21(26)14-23-19-8-5-7-18(22)17(19)3/h4-9,23H,10-14H2,1-3H3. The lowest BCUT2D eigenvalue weighted by Crippen LogP contribution is -2.50. The van der Waals surface area contributed by atoms with Crippen molar-refractivity contribution in [2.45, 2.75) is 20.8 Å². The Bertz CT molecular complexity index is 798. The predicted octanol–water partition coefficient (Wildman–Crippen LogP) is 4.03. The smallest absolute Gasteiger partial charge is 0.241 e. The number of amides is 1. The maximum Gasteiger partial charge on any atom is 0.241 e. The molecule has 0 unspecified atom stereocenters. The molecule has 1 fully saturated rings. The first kappa shape index (κ1) is 18.6. The van der Waals surface area contributed by atoms with Gasteiger partial charge in [0.2, 0.25) is 5.91 Å². The van der Waals surface area contributed by atoms with E-state index in [1.54, 1.807) is 0 Å². The number of hydrogen-bond donors (Lipinski definition) is 1. The van der Waals surface area contributed by atoms with E-state index in [1.807, 2.05) is 30.0 Å². The quantitative estimate of drug-likeness (QED) is 0.881. The number of nitrogens with zero attached hydrogens (tertiary/aromatic N) is 2. The highest BCUT2D eigenvalue weighted by molar-refractivity contribution is 6.31. The highest BCUT2D eigenvalue weighted by Crippen LogP contribution is 2.24. The van der Waals surface area contributed by atoms with E-state index in [4.69, 9.17) is 11.6 Å². The van der Waals surface area contributed by atoms with Crippen molar-refractivity contribution in [3.05, 3.63) is 58.1 Å². The number of piperazine rings is 1. The molecule has 0 aliphatic carbocycles. The molecule has 0 aromatic heterocycles. The van der Waals surface area contributed by atoms with Crippen molar-refractivity contribution in [2.75, 3.05) is 42.9 Å². The fourth-order valence-electron chi connectivity index (χ4n) is 3.36. The summed E-state index contributed by atoms with van der Waals surface area (Å²) in [6, 6.07) is 12.1. The molecule has 2 aromatic rings. The average Bonchev–Trinajstić information content (AvgIpc) is 2.65. The summed E-state index contributed by atoms with van der Waals surface area (Å²) < 4.78 is 0. The van der Waals surface area contributed by atoms with Crippen molar-refractivity contribution in [1.82, 2.24) is 4.90 Å². The van der Waals surface area contributed by atoms with Crippen LogP contribution in [0, 0.1) is 20.8 Å². The normalized spacial score (nSPS) is 14.5. The minimum atomic E-state index is 0.130. The van der Waals surface area contributed by atoms with E-state index in [-0.39, 0.29) is 5.91 Å². The molecule has 0 bridgehead atoms. The van der Waals surface area contributed by atoms with Crippen molar-refractivity contribution in [1.29, 1.82) is 0 Å². The molecule has 4 nitrogen and oxygen atoms in total. The number of carbonyl (C=O) groups excluding carboxylic acids is 1. The van der Waals surface area contributed by atoms with Gasteiger partial charge in [-0.1, -0.05) is 29.8 Å². The number of carbonyl (C=O) groups is 1. The Morgan fingerprint density at radius 3 is 2.42 bits per heavy atom. The Morgan fingerprint density at radius 1 is 1.00 bits per heavy atom. The Hall–Kier alpha value is -2.20. The highest BCUT2D eigenvalue weighted by atomic mass is 35.5. The van der Waals surface area contributed by atoms with E-state index in [2.05, 4.69) is 42.3 Å². The second kappa shape index (κ2) is 8.00. The summed E-state index contributed by atoms with van der Waals surface area (Å²) in [7, 11) is 0. The van der Waals surface area contributed by atoms with Gasteiger partial charge in [0, 0.05) is 42.6 Å². The van der Waals surface area contributed by atoms with E-state index in [0.717, 1.165) is 37.4 Å². The lowest BCUT2D eigenvalue weighted by molar-refractivity contribution is -0.129. The molecule has 1 saturated heterocycles. The van der Waals surface area contributed by atoms with Crippen LogP contribution < -0.4 is 10.2 Å². The van der Waals surface area contributed by atoms with E-state index in [1.165, 1.54) is 16.8 Å². The molecule has 1 amide bonds. The molecule has 0 spiro atoms. The number of hydrogen-bond acceptors (Lipinski definition) is 3. The fraction of sp³-hybridized carbons (Fsp3) is 0.381. The van der Waals surface area contributed by atoms with Crippen LogP contribution in [-0.4, -0.2) is 43.5 Å². The van der Waals surface area contributed by atoms with Crippen LogP contribution in [0.5, 0.6) is 0 Å². The van der Waals surface area contributed by atoms with Crippen LogP contribution in [-0.2, 0) is 4.79 Å². The van der Waals surface area contributed by atoms with Crippen molar-refractivity contribution < 1.29 is 4.79 Å². The molecular weight excluding hydrogens is 346 g/mol. The molecule has 1 aliphatic heterocycles. The van der Waals surface area contributed by atoms with E-state index in [9.17, 15) is 4.79 Å². The summed E-state index contributed by atoms with van der Waals surface area (Å²) in [5.41, 5.74) is 5.80. The second-order valence-electron chi connectivity index (χ2n) is 6.85. The Labute approximate surface area is 160 Å². The molecule has 0 atom stereocenters. The molecule has 1 aliphatic rings. The fourth-order valence-corrected chi connectivity index (χ4v) is 3.53.